The van der Waals surface area contributed by atoms with Gasteiger partial charge in [-0.25, -0.2) is 4.39 Å². The van der Waals surface area contributed by atoms with Crippen LogP contribution in [0.25, 0.3) is 10.9 Å². The summed E-state index contributed by atoms with van der Waals surface area (Å²) < 4.78 is 19.0. The standard InChI is InChI=1S/C13H15FN2O.2H2/c1-7-3-12-10(6-15-7)9-4-8(17-2)5-11(14)13(9)16-12;;/h4-5,7,15-16H,3,6H2,1-2H3;2*1H/t7-;;/m1../s1. The Hall–Kier alpha value is -1.55. The van der Waals surface area contributed by atoms with E-state index in [4.69, 9.17) is 4.74 Å². The Labute approximate surface area is 102 Å². The average Bonchev–Trinajstić information content (AvgIpc) is 2.67. The number of fused-ring (bicyclic) bond motifs is 3. The van der Waals surface area contributed by atoms with Crippen molar-refractivity contribution in [3.05, 3.63) is 29.2 Å². The molecule has 1 aromatic heterocycles. The number of halogens is 1. The number of ether oxygens (including phenoxy) is 1. The van der Waals surface area contributed by atoms with E-state index < -0.39 is 0 Å². The summed E-state index contributed by atoms with van der Waals surface area (Å²) in [5.74, 6) is 0.317. The van der Waals surface area contributed by atoms with Crippen molar-refractivity contribution in [3.8, 4) is 5.75 Å². The maximum Gasteiger partial charge on any atom is 0.150 e. The summed E-state index contributed by atoms with van der Waals surface area (Å²) in [6.07, 6.45) is 0.909. The molecule has 1 aromatic carbocycles. The van der Waals surface area contributed by atoms with Crippen LogP contribution in [0.3, 0.4) is 0 Å². The van der Waals surface area contributed by atoms with E-state index in [2.05, 4.69) is 17.2 Å². The summed E-state index contributed by atoms with van der Waals surface area (Å²) in [4.78, 5) is 3.20. The van der Waals surface area contributed by atoms with Crippen LogP contribution in [0.15, 0.2) is 12.1 Å². The van der Waals surface area contributed by atoms with E-state index in [1.807, 2.05) is 6.07 Å². The van der Waals surface area contributed by atoms with Crippen molar-refractivity contribution in [1.82, 2.24) is 10.3 Å². The van der Waals surface area contributed by atoms with Crippen molar-refractivity contribution in [1.29, 1.82) is 0 Å². The van der Waals surface area contributed by atoms with E-state index in [-0.39, 0.29) is 8.67 Å². The molecule has 0 fully saturated rings. The number of hydrogen-bond acceptors (Lipinski definition) is 2. The first-order valence-electron chi connectivity index (χ1n) is 5.79. The van der Waals surface area contributed by atoms with Gasteiger partial charge in [0.25, 0.3) is 0 Å². The second-order valence-corrected chi connectivity index (χ2v) is 4.60. The van der Waals surface area contributed by atoms with Gasteiger partial charge in [0.15, 0.2) is 5.82 Å². The van der Waals surface area contributed by atoms with Crippen LogP contribution in [0, 0.1) is 5.82 Å². The highest BCUT2D eigenvalue weighted by atomic mass is 19.1. The van der Waals surface area contributed by atoms with Crippen LogP contribution in [0.1, 0.15) is 21.0 Å². The molecule has 2 aromatic rings. The molecule has 94 valence electrons. The van der Waals surface area contributed by atoms with E-state index in [0.29, 0.717) is 17.3 Å². The molecule has 17 heavy (non-hydrogen) atoms. The van der Waals surface area contributed by atoms with E-state index in [1.54, 1.807) is 7.11 Å². The van der Waals surface area contributed by atoms with Crippen LogP contribution in [-0.2, 0) is 13.0 Å². The van der Waals surface area contributed by atoms with Crippen molar-refractivity contribution >= 4 is 10.9 Å². The van der Waals surface area contributed by atoms with Gasteiger partial charge in [-0.1, -0.05) is 0 Å². The Morgan fingerprint density at radius 2 is 2.29 bits per heavy atom. The van der Waals surface area contributed by atoms with Gasteiger partial charge in [0.2, 0.25) is 0 Å². The number of aromatic nitrogens is 1. The maximum atomic E-state index is 13.9. The largest absolute Gasteiger partial charge is 0.497 e. The van der Waals surface area contributed by atoms with Crippen molar-refractivity contribution < 1.29 is 12.0 Å². The number of hydrogen-bond donors (Lipinski definition) is 2. The first-order valence-corrected chi connectivity index (χ1v) is 5.79. The third kappa shape index (κ3) is 1.60. The van der Waals surface area contributed by atoms with Crippen molar-refractivity contribution in [3.63, 3.8) is 0 Å². The van der Waals surface area contributed by atoms with Gasteiger partial charge in [0.05, 0.1) is 12.6 Å². The first kappa shape index (κ1) is 10.6. The fourth-order valence-electron chi connectivity index (χ4n) is 2.48. The summed E-state index contributed by atoms with van der Waals surface area (Å²) >= 11 is 0. The molecule has 3 nitrogen and oxygen atoms in total. The van der Waals surface area contributed by atoms with Crippen molar-refractivity contribution in [2.24, 2.45) is 0 Å². The van der Waals surface area contributed by atoms with Gasteiger partial charge in [0, 0.05) is 39.0 Å². The summed E-state index contributed by atoms with van der Waals surface area (Å²) in [5, 5.41) is 4.32. The molecule has 0 saturated carbocycles. The van der Waals surface area contributed by atoms with Crippen LogP contribution >= 0.6 is 0 Å². The SMILES string of the molecule is COc1cc(F)c2[nH]c3c(c2c1)CN[C@H](C)C3.[HH].[HH]. The lowest BCUT2D eigenvalue weighted by Gasteiger charge is -2.20. The number of aromatic amines is 1. The summed E-state index contributed by atoms with van der Waals surface area (Å²) in [6.45, 7) is 2.91. The first-order chi connectivity index (χ1) is 8.19. The predicted octanol–water partition coefficient (Wildman–Crippen LogP) is 2.84. The third-order valence-electron chi connectivity index (χ3n) is 3.40. The van der Waals surface area contributed by atoms with E-state index in [9.17, 15) is 4.39 Å². The molecular weight excluding hydrogens is 219 g/mol. The van der Waals surface area contributed by atoms with E-state index in [1.165, 1.54) is 6.07 Å². The van der Waals surface area contributed by atoms with E-state index in [0.717, 1.165) is 29.6 Å². The molecule has 2 heterocycles. The van der Waals surface area contributed by atoms with Gasteiger partial charge >= 0.3 is 0 Å². The summed E-state index contributed by atoms with van der Waals surface area (Å²) in [6, 6.07) is 3.74. The zero-order valence-corrected chi connectivity index (χ0v) is 9.93. The second-order valence-electron chi connectivity index (χ2n) is 4.60. The highest BCUT2D eigenvalue weighted by molar-refractivity contribution is 5.86. The molecule has 0 bridgehead atoms. The van der Waals surface area contributed by atoms with Gasteiger partial charge in [-0.15, -0.1) is 0 Å². The monoisotopic (exact) mass is 238 g/mol. The minimum Gasteiger partial charge on any atom is -0.497 e. The lowest BCUT2D eigenvalue weighted by atomic mass is 10.0. The molecule has 1 aliphatic rings. The highest BCUT2D eigenvalue weighted by Gasteiger charge is 2.21. The number of rotatable bonds is 1. The lowest BCUT2D eigenvalue weighted by molar-refractivity contribution is 0.412. The van der Waals surface area contributed by atoms with Crippen molar-refractivity contribution in [2.45, 2.75) is 25.9 Å². The number of nitrogens with one attached hydrogen (secondary N) is 2. The Kier molecular flexibility index (Phi) is 2.33. The molecule has 0 unspecified atom stereocenters. The zero-order valence-electron chi connectivity index (χ0n) is 9.93. The average molecular weight is 238 g/mol. The molecule has 3 rings (SSSR count). The van der Waals surface area contributed by atoms with E-state index >= 15 is 0 Å². The smallest absolute Gasteiger partial charge is 0.150 e. The molecular formula is C13H19FN2O. The van der Waals surface area contributed by atoms with Gasteiger partial charge in [0.1, 0.15) is 5.75 Å². The molecule has 0 saturated heterocycles. The molecule has 1 atom stereocenters. The number of H-pyrrole nitrogens is 1. The Morgan fingerprint density at radius 1 is 1.47 bits per heavy atom. The summed E-state index contributed by atoms with van der Waals surface area (Å²) in [7, 11) is 1.56. The van der Waals surface area contributed by atoms with Crippen LogP contribution in [-0.4, -0.2) is 18.1 Å². The minimum absolute atomic E-state index is 0. The molecule has 1 aliphatic heterocycles. The maximum absolute atomic E-state index is 13.9. The Morgan fingerprint density at radius 3 is 3.06 bits per heavy atom. The van der Waals surface area contributed by atoms with Gasteiger partial charge in [-0.2, -0.15) is 0 Å². The molecule has 0 amide bonds. The van der Waals surface area contributed by atoms with Gasteiger partial charge in [-0.05, 0) is 18.6 Å². The molecule has 4 heteroatoms. The second kappa shape index (κ2) is 3.74. The molecule has 0 radical (unpaired) electrons. The Balaban J connectivity index is 0.000000902. The Bertz CT molecular complexity index is 586. The molecule has 0 aliphatic carbocycles. The van der Waals surface area contributed by atoms with Gasteiger partial charge < -0.3 is 15.0 Å². The van der Waals surface area contributed by atoms with Crippen LogP contribution in [0.2, 0.25) is 0 Å². The normalized spacial score (nSPS) is 19.4. The lowest BCUT2D eigenvalue weighted by Crippen LogP contribution is -2.32. The van der Waals surface area contributed by atoms with Crippen LogP contribution in [0.5, 0.6) is 5.75 Å². The van der Waals surface area contributed by atoms with Crippen LogP contribution < -0.4 is 10.1 Å². The topological polar surface area (TPSA) is 37.0 Å². The third-order valence-corrected chi connectivity index (χ3v) is 3.40. The highest BCUT2D eigenvalue weighted by Crippen LogP contribution is 2.31. The number of methoxy groups -OCH3 is 1. The number of benzene rings is 1. The zero-order chi connectivity index (χ0) is 12.0. The van der Waals surface area contributed by atoms with Crippen LogP contribution in [0.4, 0.5) is 4.39 Å². The molecule has 2 N–H and O–H groups in total. The summed E-state index contributed by atoms with van der Waals surface area (Å²) in [5.41, 5.74) is 2.89. The molecule has 0 spiro atoms. The fourth-order valence-corrected chi connectivity index (χ4v) is 2.48. The quantitative estimate of drug-likeness (QED) is 0.801. The fraction of sp³-hybridized carbons (Fsp3) is 0.385. The van der Waals surface area contributed by atoms with Gasteiger partial charge in [-0.3, -0.25) is 0 Å². The minimum atomic E-state index is -0.249. The van der Waals surface area contributed by atoms with Crippen molar-refractivity contribution in [2.75, 3.05) is 7.11 Å². The predicted molar refractivity (Wildman–Crippen MR) is 69.0 cm³/mol.